The van der Waals surface area contributed by atoms with E-state index in [2.05, 4.69) is 25.2 Å². The van der Waals surface area contributed by atoms with Crippen molar-refractivity contribution in [2.24, 2.45) is 16.7 Å². The molecule has 4 fully saturated rings. The van der Waals surface area contributed by atoms with E-state index in [1.807, 2.05) is 12.1 Å². The predicted molar refractivity (Wildman–Crippen MR) is 121 cm³/mol. The number of methoxy groups -OCH3 is 1. The molecule has 4 heteroatoms. The van der Waals surface area contributed by atoms with E-state index in [1.165, 1.54) is 50.7 Å². The zero-order valence-corrected chi connectivity index (χ0v) is 19.0. The van der Waals surface area contributed by atoms with Crippen LogP contribution in [0.15, 0.2) is 42.5 Å². The molecule has 4 bridgehead atoms. The second kappa shape index (κ2) is 7.51. The van der Waals surface area contributed by atoms with Gasteiger partial charge in [-0.1, -0.05) is 38.1 Å². The van der Waals surface area contributed by atoms with Gasteiger partial charge in [0.25, 0.3) is 0 Å². The summed E-state index contributed by atoms with van der Waals surface area (Å²) in [6.07, 6.45) is 8.04. The van der Waals surface area contributed by atoms with Crippen molar-refractivity contribution in [2.75, 3.05) is 7.11 Å². The van der Waals surface area contributed by atoms with Crippen molar-refractivity contribution in [3.63, 3.8) is 0 Å². The second-order valence-corrected chi connectivity index (χ2v) is 11.1. The molecule has 31 heavy (non-hydrogen) atoms. The molecule has 2 unspecified atom stereocenters. The number of nitrogens with one attached hydrogen (secondary N) is 1. The lowest BCUT2D eigenvalue weighted by molar-refractivity contribution is -0.118. The van der Waals surface area contributed by atoms with Crippen LogP contribution in [0.3, 0.4) is 0 Å². The van der Waals surface area contributed by atoms with E-state index in [0.717, 1.165) is 35.1 Å². The van der Waals surface area contributed by atoms with Crippen LogP contribution in [0, 0.1) is 22.6 Å². The van der Waals surface area contributed by atoms with Crippen LogP contribution in [0.1, 0.15) is 63.5 Å². The molecule has 0 saturated heterocycles. The molecule has 166 valence electrons. The Morgan fingerprint density at radius 2 is 1.68 bits per heavy atom. The molecule has 2 atom stereocenters. The lowest BCUT2D eigenvalue weighted by atomic mass is 9.43. The number of ether oxygens (including phenoxy) is 2. The first-order valence-electron chi connectivity index (χ1n) is 11.6. The summed E-state index contributed by atoms with van der Waals surface area (Å²) < 4.78 is 25.0. The highest BCUT2D eigenvalue weighted by Crippen LogP contribution is 2.66. The molecule has 4 aliphatic carbocycles. The Bertz CT molecular complexity index is 938. The number of hydrogen-bond donors (Lipinski definition) is 1. The molecule has 6 rings (SSSR count). The van der Waals surface area contributed by atoms with Crippen LogP contribution in [0.25, 0.3) is 0 Å². The van der Waals surface area contributed by atoms with Gasteiger partial charge in [-0.3, -0.25) is 0 Å². The SMILES string of the molecule is COc1cccc(CNC23CC4CC(C)(CC(C)(C4)C2)C3)c1OCc1ccc(F)cc1. The number of benzene rings is 2. The van der Waals surface area contributed by atoms with Gasteiger partial charge >= 0.3 is 0 Å². The molecule has 2 aromatic rings. The minimum Gasteiger partial charge on any atom is -0.493 e. The monoisotopic (exact) mass is 423 g/mol. The van der Waals surface area contributed by atoms with Gasteiger partial charge in [0.15, 0.2) is 11.5 Å². The summed E-state index contributed by atoms with van der Waals surface area (Å²) in [6, 6.07) is 12.6. The first kappa shape index (κ1) is 20.8. The maximum atomic E-state index is 13.2. The lowest BCUT2D eigenvalue weighted by Gasteiger charge is -2.65. The van der Waals surface area contributed by atoms with Crippen LogP contribution < -0.4 is 14.8 Å². The summed E-state index contributed by atoms with van der Waals surface area (Å²) in [5.41, 5.74) is 3.26. The van der Waals surface area contributed by atoms with Gasteiger partial charge in [-0.15, -0.1) is 0 Å². The molecule has 0 aromatic heterocycles. The average Bonchev–Trinajstić information content (AvgIpc) is 2.69. The van der Waals surface area contributed by atoms with Crippen molar-refractivity contribution in [3.8, 4) is 11.5 Å². The van der Waals surface area contributed by atoms with E-state index < -0.39 is 0 Å². The van der Waals surface area contributed by atoms with Gasteiger partial charge in [-0.05, 0) is 79.0 Å². The van der Waals surface area contributed by atoms with Gasteiger partial charge in [-0.25, -0.2) is 4.39 Å². The first-order chi connectivity index (χ1) is 14.8. The van der Waals surface area contributed by atoms with E-state index in [9.17, 15) is 4.39 Å². The summed E-state index contributed by atoms with van der Waals surface area (Å²) >= 11 is 0. The van der Waals surface area contributed by atoms with Crippen molar-refractivity contribution >= 4 is 0 Å². The Morgan fingerprint density at radius 3 is 2.32 bits per heavy atom. The van der Waals surface area contributed by atoms with Crippen LogP contribution in [0.2, 0.25) is 0 Å². The number of hydrogen-bond acceptors (Lipinski definition) is 3. The Hall–Kier alpha value is -2.07. The highest BCUT2D eigenvalue weighted by atomic mass is 19.1. The molecule has 4 aliphatic rings. The molecule has 0 spiro atoms. The van der Waals surface area contributed by atoms with Crippen LogP contribution >= 0.6 is 0 Å². The smallest absolute Gasteiger partial charge is 0.166 e. The molecule has 4 saturated carbocycles. The summed E-state index contributed by atoms with van der Waals surface area (Å²) in [6.45, 7) is 6.18. The third kappa shape index (κ3) is 4.07. The largest absolute Gasteiger partial charge is 0.493 e. The minimum atomic E-state index is -0.233. The van der Waals surface area contributed by atoms with E-state index in [-0.39, 0.29) is 11.4 Å². The summed E-state index contributed by atoms with van der Waals surface area (Å²) in [7, 11) is 1.68. The molecular formula is C27H34FNO2. The molecule has 1 N–H and O–H groups in total. The van der Waals surface area contributed by atoms with Gasteiger partial charge in [0.05, 0.1) is 7.11 Å². The standard InChI is InChI=1S/C27H34FNO2/c1-25-11-20-12-26(2,16-25)18-27(13-20,17-25)29-14-21-5-4-6-23(30-3)24(21)31-15-19-7-9-22(28)10-8-19/h4-10,20,29H,11-18H2,1-3H3. The quantitative estimate of drug-likeness (QED) is 0.571. The Morgan fingerprint density at radius 1 is 0.968 bits per heavy atom. The Kier molecular flexibility index (Phi) is 5.04. The second-order valence-electron chi connectivity index (χ2n) is 11.1. The van der Waals surface area contributed by atoms with Crippen molar-refractivity contribution < 1.29 is 13.9 Å². The van der Waals surface area contributed by atoms with Gasteiger partial charge in [-0.2, -0.15) is 0 Å². The summed E-state index contributed by atoms with van der Waals surface area (Å²) in [5.74, 6) is 2.15. The zero-order valence-electron chi connectivity index (χ0n) is 19.0. The number of rotatable bonds is 7. The molecule has 0 aliphatic heterocycles. The van der Waals surface area contributed by atoms with Crippen LogP contribution in [0.5, 0.6) is 11.5 Å². The van der Waals surface area contributed by atoms with E-state index in [4.69, 9.17) is 9.47 Å². The van der Waals surface area contributed by atoms with Crippen molar-refractivity contribution in [1.29, 1.82) is 0 Å². The topological polar surface area (TPSA) is 30.5 Å². The van der Waals surface area contributed by atoms with Gasteiger partial charge in [0, 0.05) is 17.6 Å². The predicted octanol–water partition coefficient (Wildman–Crippen LogP) is 6.25. The van der Waals surface area contributed by atoms with Crippen LogP contribution in [-0.2, 0) is 13.2 Å². The number of halogens is 1. The third-order valence-electron chi connectivity index (χ3n) is 7.86. The van der Waals surface area contributed by atoms with Gasteiger partial charge < -0.3 is 14.8 Å². The third-order valence-corrected chi connectivity index (χ3v) is 7.86. The van der Waals surface area contributed by atoms with E-state index >= 15 is 0 Å². The molecule has 0 amide bonds. The van der Waals surface area contributed by atoms with Crippen molar-refractivity contribution in [2.45, 2.75) is 71.1 Å². The van der Waals surface area contributed by atoms with Gasteiger partial charge in [0.2, 0.25) is 0 Å². The summed E-state index contributed by atoms with van der Waals surface area (Å²) in [4.78, 5) is 0. The maximum absolute atomic E-state index is 13.2. The van der Waals surface area contributed by atoms with Crippen LogP contribution in [-0.4, -0.2) is 12.6 Å². The molecule has 3 nitrogen and oxygen atoms in total. The fourth-order valence-electron chi connectivity index (χ4n) is 7.69. The zero-order chi connectivity index (χ0) is 21.7. The number of para-hydroxylation sites is 1. The molecule has 0 heterocycles. The fraction of sp³-hybridized carbons (Fsp3) is 0.556. The first-order valence-corrected chi connectivity index (χ1v) is 11.6. The minimum absolute atomic E-state index is 0.233. The summed E-state index contributed by atoms with van der Waals surface area (Å²) in [5, 5.41) is 4.01. The van der Waals surface area contributed by atoms with Crippen molar-refractivity contribution in [1.82, 2.24) is 5.32 Å². The molecule has 0 radical (unpaired) electrons. The van der Waals surface area contributed by atoms with E-state index in [1.54, 1.807) is 19.2 Å². The lowest BCUT2D eigenvalue weighted by Crippen LogP contribution is -2.63. The molecule has 2 aromatic carbocycles. The fourth-order valence-corrected chi connectivity index (χ4v) is 7.69. The normalized spacial score (nSPS) is 33.5. The van der Waals surface area contributed by atoms with Crippen molar-refractivity contribution in [3.05, 3.63) is 59.4 Å². The molecular weight excluding hydrogens is 389 g/mol. The van der Waals surface area contributed by atoms with Crippen LogP contribution in [0.4, 0.5) is 4.39 Å². The van der Waals surface area contributed by atoms with E-state index in [0.29, 0.717) is 17.4 Å². The Balaban J connectivity index is 1.34. The Labute approximate surface area is 185 Å². The van der Waals surface area contributed by atoms with Gasteiger partial charge in [0.1, 0.15) is 12.4 Å². The highest BCUT2D eigenvalue weighted by Gasteiger charge is 2.59. The highest BCUT2D eigenvalue weighted by molar-refractivity contribution is 5.47. The average molecular weight is 424 g/mol. The maximum Gasteiger partial charge on any atom is 0.166 e.